The van der Waals surface area contributed by atoms with Gasteiger partial charge in [0.05, 0.1) is 10.5 Å². The first kappa shape index (κ1) is 20.6. The van der Waals surface area contributed by atoms with E-state index in [4.69, 9.17) is 0 Å². The molecular formula is C16H16F3N3O4S. The molecule has 1 N–H and O–H groups in total. The molecule has 0 saturated carbocycles. The largest absolute Gasteiger partial charge is 0.417 e. The number of benzene rings is 1. The van der Waals surface area contributed by atoms with Crippen LogP contribution in [0.2, 0.25) is 0 Å². The van der Waals surface area contributed by atoms with Crippen LogP contribution < -0.4 is 10.9 Å². The van der Waals surface area contributed by atoms with E-state index in [0.29, 0.717) is 16.8 Å². The maximum absolute atomic E-state index is 12.7. The summed E-state index contributed by atoms with van der Waals surface area (Å²) in [6, 6.07) is 6.72. The van der Waals surface area contributed by atoms with Crippen molar-refractivity contribution in [3.63, 3.8) is 0 Å². The molecule has 2 rings (SSSR count). The maximum Gasteiger partial charge on any atom is 0.417 e. The second-order valence-electron chi connectivity index (χ2n) is 5.75. The number of nitrogens with one attached hydrogen (secondary N) is 1. The molecule has 0 aliphatic carbocycles. The molecule has 27 heavy (non-hydrogen) atoms. The molecule has 0 aliphatic rings. The standard InChI is InChI=1S/C16H16F3N3O4S/c1-21(2)27(25,26)13-5-3-4-12(8-13)20-14(23)10-22-9-11(16(17,18)19)6-7-15(22)24/h3-9H,10H2,1-2H3,(H,20,23). The van der Waals surface area contributed by atoms with Crippen LogP contribution in [0.3, 0.4) is 0 Å². The number of anilines is 1. The lowest BCUT2D eigenvalue weighted by molar-refractivity contribution is -0.138. The average Bonchev–Trinajstić information content (AvgIpc) is 2.55. The molecule has 0 atom stereocenters. The minimum Gasteiger partial charge on any atom is -0.324 e. The topological polar surface area (TPSA) is 88.5 Å². The first-order valence-corrected chi connectivity index (χ1v) is 8.95. The summed E-state index contributed by atoms with van der Waals surface area (Å²) in [5, 5.41) is 2.36. The summed E-state index contributed by atoms with van der Waals surface area (Å²) in [5.41, 5.74) is -1.71. The van der Waals surface area contributed by atoms with Crippen LogP contribution in [0.15, 0.2) is 52.3 Å². The fraction of sp³-hybridized carbons (Fsp3) is 0.250. The first-order chi connectivity index (χ1) is 12.4. The second-order valence-corrected chi connectivity index (χ2v) is 7.90. The van der Waals surface area contributed by atoms with Crippen LogP contribution in [0.4, 0.5) is 18.9 Å². The summed E-state index contributed by atoms with van der Waals surface area (Å²) in [6.07, 6.45) is -4.10. The molecule has 7 nitrogen and oxygen atoms in total. The Morgan fingerprint density at radius 3 is 2.44 bits per heavy atom. The van der Waals surface area contributed by atoms with Gasteiger partial charge in [-0.25, -0.2) is 12.7 Å². The van der Waals surface area contributed by atoms with Gasteiger partial charge in [0.1, 0.15) is 6.54 Å². The third-order valence-corrected chi connectivity index (χ3v) is 5.33. The number of nitrogens with zero attached hydrogens (tertiary/aromatic N) is 2. The molecule has 0 unspecified atom stereocenters. The lowest BCUT2D eigenvalue weighted by Crippen LogP contribution is -2.28. The van der Waals surface area contributed by atoms with Crippen LogP contribution in [-0.4, -0.2) is 37.3 Å². The molecule has 0 spiro atoms. The molecule has 0 aliphatic heterocycles. The molecule has 11 heteroatoms. The molecule has 2 aromatic rings. The minimum absolute atomic E-state index is 0.0680. The van der Waals surface area contributed by atoms with E-state index < -0.39 is 39.8 Å². The summed E-state index contributed by atoms with van der Waals surface area (Å²) in [5.74, 6) is -0.782. The van der Waals surface area contributed by atoms with Crippen LogP contribution in [0.1, 0.15) is 5.56 Å². The maximum atomic E-state index is 12.7. The Bertz CT molecular complexity index is 1010. The van der Waals surface area contributed by atoms with Gasteiger partial charge in [0.25, 0.3) is 5.56 Å². The normalized spacial score (nSPS) is 12.2. The van der Waals surface area contributed by atoms with Crippen LogP contribution in [0.5, 0.6) is 0 Å². The van der Waals surface area contributed by atoms with Gasteiger partial charge in [0, 0.05) is 32.0 Å². The minimum atomic E-state index is -4.65. The molecule has 0 fully saturated rings. The Labute approximate surface area is 153 Å². The third kappa shape index (κ3) is 4.95. The lowest BCUT2D eigenvalue weighted by Gasteiger charge is -2.13. The van der Waals surface area contributed by atoms with Crippen molar-refractivity contribution in [1.29, 1.82) is 0 Å². The van der Waals surface area contributed by atoms with Gasteiger partial charge in [0.2, 0.25) is 15.9 Å². The SMILES string of the molecule is CN(C)S(=O)(=O)c1cccc(NC(=O)Cn2cc(C(F)(F)F)ccc2=O)c1. The van der Waals surface area contributed by atoms with Gasteiger partial charge in [-0.2, -0.15) is 13.2 Å². The zero-order valence-electron chi connectivity index (χ0n) is 14.3. The van der Waals surface area contributed by atoms with E-state index in [9.17, 15) is 31.2 Å². The van der Waals surface area contributed by atoms with Gasteiger partial charge in [0.15, 0.2) is 0 Å². The highest BCUT2D eigenvalue weighted by molar-refractivity contribution is 7.89. The Morgan fingerprint density at radius 1 is 1.19 bits per heavy atom. The highest BCUT2D eigenvalue weighted by atomic mass is 32.2. The molecular weight excluding hydrogens is 387 g/mol. The summed E-state index contributed by atoms with van der Waals surface area (Å²) < 4.78 is 64.0. The van der Waals surface area contributed by atoms with E-state index >= 15 is 0 Å². The Morgan fingerprint density at radius 2 is 1.85 bits per heavy atom. The monoisotopic (exact) mass is 403 g/mol. The number of rotatable bonds is 5. The second kappa shape index (κ2) is 7.53. The third-order valence-electron chi connectivity index (χ3n) is 3.52. The van der Waals surface area contributed by atoms with Gasteiger partial charge in [-0.05, 0) is 24.3 Å². The molecule has 1 heterocycles. The molecule has 0 radical (unpaired) electrons. The molecule has 1 amide bonds. The highest BCUT2D eigenvalue weighted by Gasteiger charge is 2.31. The van der Waals surface area contributed by atoms with Gasteiger partial charge >= 0.3 is 6.18 Å². The zero-order chi connectivity index (χ0) is 20.4. The quantitative estimate of drug-likeness (QED) is 0.824. The Balaban J connectivity index is 2.21. The van der Waals surface area contributed by atoms with Crippen LogP contribution >= 0.6 is 0 Å². The van der Waals surface area contributed by atoms with Crippen molar-refractivity contribution in [3.8, 4) is 0 Å². The molecule has 1 aromatic carbocycles. The lowest BCUT2D eigenvalue weighted by atomic mass is 10.2. The summed E-state index contributed by atoms with van der Waals surface area (Å²) in [6.45, 7) is -0.659. The number of halogens is 3. The van der Waals surface area contributed by atoms with Crippen LogP contribution in [-0.2, 0) is 27.5 Å². The molecule has 0 bridgehead atoms. The number of aromatic nitrogens is 1. The van der Waals surface area contributed by atoms with E-state index in [-0.39, 0.29) is 10.6 Å². The van der Waals surface area contributed by atoms with Crippen molar-refractivity contribution in [2.24, 2.45) is 0 Å². The van der Waals surface area contributed by atoms with Gasteiger partial charge in [-0.3, -0.25) is 9.59 Å². The Kier molecular flexibility index (Phi) is 5.76. The molecule has 0 saturated heterocycles. The van der Waals surface area contributed by atoms with E-state index in [1.54, 1.807) is 0 Å². The number of carbonyl (C=O) groups excluding carboxylic acids is 1. The van der Waals surface area contributed by atoms with Crippen molar-refractivity contribution in [1.82, 2.24) is 8.87 Å². The predicted octanol–water partition coefficient (Wildman–Crippen LogP) is 1.76. The van der Waals surface area contributed by atoms with Crippen molar-refractivity contribution < 1.29 is 26.4 Å². The summed E-state index contributed by atoms with van der Waals surface area (Å²) >= 11 is 0. The molecule has 146 valence electrons. The van der Waals surface area contributed by atoms with Gasteiger partial charge in [-0.15, -0.1) is 0 Å². The van der Waals surface area contributed by atoms with Crippen molar-refractivity contribution in [2.45, 2.75) is 17.6 Å². The fourth-order valence-corrected chi connectivity index (χ4v) is 3.07. The van der Waals surface area contributed by atoms with Crippen molar-refractivity contribution in [2.75, 3.05) is 19.4 Å². The van der Waals surface area contributed by atoms with Crippen molar-refractivity contribution >= 4 is 21.6 Å². The smallest absolute Gasteiger partial charge is 0.324 e. The number of sulfonamides is 1. The van der Waals surface area contributed by atoms with E-state index in [2.05, 4.69) is 5.32 Å². The van der Waals surface area contributed by atoms with Gasteiger partial charge in [-0.1, -0.05) is 6.07 Å². The predicted molar refractivity (Wildman–Crippen MR) is 91.6 cm³/mol. The molecule has 1 aromatic heterocycles. The fourth-order valence-electron chi connectivity index (χ4n) is 2.12. The summed E-state index contributed by atoms with van der Waals surface area (Å²) in [4.78, 5) is 23.7. The number of hydrogen-bond donors (Lipinski definition) is 1. The average molecular weight is 403 g/mol. The highest BCUT2D eigenvalue weighted by Crippen LogP contribution is 2.28. The van der Waals surface area contributed by atoms with Crippen molar-refractivity contribution in [3.05, 3.63) is 58.5 Å². The summed E-state index contributed by atoms with van der Waals surface area (Å²) in [7, 11) is -1.03. The number of carbonyl (C=O) groups is 1. The zero-order valence-corrected chi connectivity index (χ0v) is 15.1. The van der Waals surface area contributed by atoms with E-state index in [1.807, 2.05) is 0 Å². The van der Waals surface area contributed by atoms with Crippen LogP contribution in [0.25, 0.3) is 0 Å². The van der Waals surface area contributed by atoms with Gasteiger partial charge < -0.3 is 9.88 Å². The van der Waals surface area contributed by atoms with E-state index in [0.717, 1.165) is 10.4 Å². The first-order valence-electron chi connectivity index (χ1n) is 7.51. The number of pyridine rings is 1. The van der Waals surface area contributed by atoms with Crippen LogP contribution in [0, 0.1) is 0 Å². The number of amides is 1. The number of hydrogen-bond acceptors (Lipinski definition) is 4. The van der Waals surface area contributed by atoms with E-state index in [1.165, 1.54) is 38.4 Å². The number of alkyl halides is 3. The Hall–Kier alpha value is -2.66.